The van der Waals surface area contributed by atoms with Crippen LogP contribution in [0.3, 0.4) is 0 Å². The zero-order valence-corrected chi connectivity index (χ0v) is 16.2. The van der Waals surface area contributed by atoms with Crippen molar-refractivity contribution in [1.29, 1.82) is 0 Å². The second kappa shape index (κ2) is 8.47. The molecule has 0 aliphatic carbocycles. The third-order valence-electron chi connectivity index (χ3n) is 3.89. The van der Waals surface area contributed by atoms with E-state index >= 15 is 0 Å². The topological polar surface area (TPSA) is 112 Å². The van der Waals surface area contributed by atoms with Crippen LogP contribution >= 0.6 is 11.3 Å². The molecule has 0 saturated carbocycles. The fraction of sp³-hybridized carbons (Fsp3) is 0.111. The van der Waals surface area contributed by atoms with E-state index in [-0.39, 0.29) is 16.4 Å². The molecular formula is C18H11F3N6O3S. The number of hydrogen-bond donors (Lipinski definition) is 1. The van der Waals surface area contributed by atoms with Gasteiger partial charge in [0.25, 0.3) is 5.91 Å². The average Bonchev–Trinajstić information content (AvgIpc) is 3.38. The Bertz CT molecular complexity index is 1280. The Labute approximate surface area is 175 Å². The molecule has 158 valence electrons. The molecule has 0 spiro atoms. The van der Waals surface area contributed by atoms with Gasteiger partial charge >= 0.3 is 5.97 Å². The smallest absolute Gasteiger partial charge is 0.330 e. The standard InChI is InChI=1S/C18H11F3N6O3S/c19-10-6-11-16(15(21)14(10)20)23-18(31-11)22-12(28)8-30-13(29)7-27-25-17(24-26-27)9-4-2-1-3-5-9/h1-6H,7-8H2,(H,22,23,28). The van der Waals surface area contributed by atoms with Gasteiger partial charge in [-0.15, -0.1) is 10.2 Å². The largest absolute Gasteiger partial charge is 0.454 e. The van der Waals surface area contributed by atoms with Crippen LogP contribution in [0.5, 0.6) is 0 Å². The van der Waals surface area contributed by atoms with Gasteiger partial charge in [0, 0.05) is 5.56 Å². The van der Waals surface area contributed by atoms with Crippen molar-refractivity contribution >= 4 is 38.6 Å². The number of aromatic nitrogens is 5. The van der Waals surface area contributed by atoms with Crippen molar-refractivity contribution in [2.24, 2.45) is 0 Å². The molecule has 1 amide bonds. The number of esters is 1. The second-order valence-electron chi connectivity index (χ2n) is 6.07. The maximum atomic E-state index is 13.7. The highest BCUT2D eigenvalue weighted by molar-refractivity contribution is 7.22. The van der Waals surface area contributed by atoms with Crippen LogP contribution in [0.4, 0.5) is 18.3 Å². The summed E-state index contributed by atoms with van der Waals surface area (Å²) in [6.07, 6.45) is 0. The van der Waals surface area contributed by atoms with Crippen LogP contribution in [0, 0.1) is 17.5 Å². The molecule has 4 aromatic rings. The number of anilines is 1. The lowest BCUT2D eigenvalue weighted by molar-refractivity contribution is -0.148. The Balaban J connectivity index is 1.32. The number of amides is 1. The van der Waals surface area contributed by atoms with Crippen molar-refractivity contribution in [3.05, 3.63) is 53.8 Å². The highest BCUT2D eigenvalue weighted by Crippen LogP contribution is 2.30. The molecule has 1 N–H and O–H groups in total. The molecule has 0 unspecified atom stereocenters. The first-order valence-corrected chi connectivity index (χ1v) is 9.45. The molecule has 13 heteroatoms. The third kappa shape index (κ3) is 4.50. The Morgan fingerprint density at radius 2 is 1.90 bits per heavy atom. The van der Waals surface area contributed by atoms with Crippen molar-refractivity contribution in [2.45, 2.75) is 6.54 Å². The van der Waals surface area contributed by atoms with Crippen LogP contribution in [-0.2, 0) is 20.9 Å². The lowest BCUT2D eigenvalue weighted by Crippen LogP contribution is -2.23. The maximum Gasteiger partial charge on any atom is 0.330 e. The minimum absolute atomic E-state index is 0.00942. The summed E-state index contributed by atoms with van der Waals surface area (Å²) in [5.41, 5.74) is 0.302. The van der Waals surface area contributed by atoms with Crippen molar-refractivity contribution in [3.8, 4) is 11.4 Å². The summed E-state index contributed by atoms with van der Waals surface area (Å²) in [5.74, 6) is -5.72. The minimum atomic E-state index is -1.65. The molecule has 0 aliphatic heterocycles. The molecular weight excluding hydrogens is 437 g/mol. The molecule has 2 heterocycles. The Kier molecular flexibility index (Phi) is 5.58. The van der Waals surface area contributed by atoms with Gasteiger partial charge in [-0.25, -0.2) is 22.9 Å². The monoisotopic (exact) mass is 448 g/mol. The van der Waals surface area contributed by atoms with Crippen LogP contribution in [0.15, 0.2) is 36.4 Å². The van der Waals surface area contributed by atoms with E-state index in [4.69, 9.17) is 4.74 Å². The Morgan fingerprint density at radius 3 is 2.68 bits per heavy atom. The van der Waals surface area contributed by atoms with Gasteiger partial charge in [-0.2, -0.15) is 4.80 Å². The quantitative estimate of drug-likeness (QED) is 0.356. The zero-order valence-electron chi connectivity index (χ0n) is 15.4. The lowest BCUT2D eigenvalue weighted by Gasteiger charge is -2.03. The number of tetrazole rings is 1. The van der Waals surface area contributed by atoms with Crippen LogP contribution in [0.2, 0.25) is 0 Å². The van der Waals surface area contributed by atoms with E-state index in [1.165, 1.54) is 0 Å². The predicted molar refractivity (Wildman–Crippen MR) is 102 cm³/mol. The molecule has 0 fully saturated rings. The molecule has 0 radical (unpaired) electrons. The summed E-state index contributed by atoms with van der Waals surface area (Å²) < 4.78 is 45.1. The highest BCUT2D eigenvalue weighted by Gasteiger charge is 2.19. The summed E-state index contributed by atoms with van der Waals surface area (Å²) in [4.78, 5) is 28.6. The number of hydrogen-bond acceptors (Lipinski definition) is 8. The molecule has 0 bridgehead atoms. The zero-order chi connectivity index (χ0) is 22.0. The summed E-state index contributed by atoms with van der Waals surface area (Å²) in [5, 5.41) is 13.8. The number of benzene rings is 2. The highest BCUT2D eigenvalue weighted by atomic mass is 32.1. The van der Waals surface area contributed by atoms with Crippen LogP contribution in [0.25, 0.3) is 21.6 Å². The summed E-state index contributed by atoms with van der Waals surface area (Å²) >= 11 is 0.738. The first-order chi connectivity index (χ1) is 14.9. The summed E-state index contributed by atoms with van der Waals surface area (Å²) in [6.45, 7) is -1.04. The van der Waals surface area contributed by atoms with E-state index in [0.29, 0.717) is 11.4 Å². The SMILES string of the molecule is O=C(COC(=O)Cn1nnc(-c2ccccc2)n1)Nc1nc2c(F)c(F)c(F)cc2s1. The molecule has 9 nitrogen and oxygen atoms in total. The number of carbonyl (C=O) groups excluding carboxylic acids is 2. The first-order valence-electron chi connectivity index (χ1n) is 8.63. The van der Waals surface area contributed by atoms with Gasteiger partial charge in [0.05, 0.1) is 4.70 Å². The molecule has 4 rings (SSSR count). The molecule has 0 saturated heterocycles. The fourth-order valence-corrected chi connectivity index (χ4v) is 3.41. The van der Waals surface area contributed by atoms with Gasteiger partial charge in [0.1, 0.15) is 5.52 Å². The Hall–Kier alpha value is -3.87. The third-order valence-corrected chi connectivity index (χ3v) is 4.81. The van der Waals surface area contributed by atoms with Crippen LogP contribution in [-0.4, -0.2) is 43.7 Å². The van der Waals surface area contributed by atoms with Gasteiger partial charge < -0.3 is 4.74 Å². The van der Waals surface area contributed by atoms with Gasteiger partial charge in [0.2, 0.25) is 5.82 Å². The average molecular weight is 448 g/mol. The second-order valence-corrected chi connectivity index (χ2v) is 7.10. The molecule has 31 heavy (non-hydrogen) atoms. The molecule has 2 aromatic heterocycles. The van der Waals surface area contributed by atoms with E-state index in [0.717, 1.165) is 22.2 Å². The van der Waals surface area contributed by atoms with Crippen molar-refractivity contribution in [3.63, 3.8) is 0 Å². The first kappa shape index (κ1) is 20.4. The van der Waals surface area contributed by atoms with Crippen molar-refractivity contribution in [2.75, 3.05) is 11.9 Å². The van der Waals surface area contributed by atoms with E-state index in [1.54, 1.807) is 24.3 Å². The maximum absolute atomic E-state index is 13.7. The van der Waals surface area contributed by atoms with E-state index in [9.17, 15) is 22.8 Å². The number of halogens is 3. The minimum Gasteiger partial charge on any atom is -0.454 e. The van der Waals surface area contributed by atoms with Gasteiger partial charge in [-0.3, -0.25) is 10.1 Å². The number of rotatable bonds is 6. The van der Waals surface area contributed by atoms with Crippen LogP contribution in [0.1, 0.15) is 0 Å². The Morgan fingerprint density at radius 1 is 1.13 bits per heavy atom. The number of ether oxygens (including phenoxy) is 1. The number of carbonyl (C=O) groups is 2. The molecule has 0 aliphatic rings. The number of nitrogens with one attached hydrogen (secondary N) is 1. The van der Waals surface area contributed by atoms with E-state index < -0.39 is 41.5 Å². The van der Waals surface area contributed by atoms with Crippen molar-refractivity contribution in [1.82, 2.24) is 25.2 Å². The lowest BCUT2D eigenvalue weighted by atomic mass is 10.2. The summed E-state index contributed by atoms with van der Waals surface area (Å²) in [6, 6.07) is 9.76. The summed E-state index contributed by atoms with van der Waals surface area (Å²) in [7, 11) is 0. The van der Waals surface area contributed by atoms with E-state index in [1.807, 2.05) is 6.07 Å². The molecule has 0 atom stereocenters. The van der Waals surface area contributed by atoms with Gasteiger partial charge in [-0.05, 0) is 11.3 Å². The fourth-order valence-electron chi connectivity index (χ4n) is 2.50. The number of nitrogens with zero attached hydrogens (tertiary/aromatic N) is 5. The number of fused-ring (bicyclic) bond motifs is 1. The van der Waals surface area contributed by atoms with Gasteiger partial charge in [-0.1, -0.05) is 41.7 Å². The van der Waals surface area contributed by atoms with E-state index in [2.05, 4.69) is 25.7 Å². The van der Waals surface area contributed by atoms with Crippen LogP contribution < -0.4 is 5.32 Å². The van der Waals surface area contributed by atoms with Crippen molar-refractivity contribution < 1.29 is 27.5 Å². The molecule has 2 aromatic carbocycles. The van der Waals surface area contributed by atoms with Gasteiger partial charge in [0.15, 0.2) is 35.7 Å². The number of thiazole rings is 1. The predicted octanol–water partition coefficient (Wildman–Crippen LogP) is 2.55. The normalized spacial score (nSPS) is 10.9.